The van der Waals surface area contributed by atoms with Crippen LogP contribution in [0.1, 0.15) is 37.5 Å². The summed E-state index contributed by atoms with van der Waals surface area (Å²) in [7, 11) is -3.34. The number of hydrogen-bond donors (Lipinski definition) is 1. The quantitative estimate of drug-likeness (QED) is 0.907. The third kappa shape index (κ3) is 3.61. The Balaban J connectivity index is 2.12. The molecule has 1 saturated heterocycles. The molecule has 0 spiro atoms. The lowest BCUT2D eigenvalue weighted by atomic mass is 9.98. The second-order valence-electron chi connectivity index (χ2n) is 5.30. The first kappa shape index (κ1) is 15.9. The standard InChI is InChI=1S/C14H23NO3S2/c1-2-12-4-3-9-15(10-7-12)20(17,18)14-6-5-13(19-14)8-11-16/h5-6,12,16H,2-4,7-11H2,1H3. The molecular weight excluding hydrogens is 294 g/mol. The van der Waals surface area contributed by atoms with E-state index in [2.05, 4.69) is 6.92 Å². The Bertz CT molecular complexity index is 524. The molecule has 2 rings (SSSR count). The van der Waals surface area contributed by atoms with Crippen LogP contribution < -0.4 is 0 Å². The van der Waals surface area contributed by atoms with Crippen molar-refractivity contribution in [1.82, 2.24) is 4.31 Å². The van der Waals surface area contributed by atoms with Gasteiger partial charge in [-0.2, -0.15) is 4.31 Å². The lowest BCUT2D eigenvalue weighted by molar-refractivity contribution is 0.300. The maximum absolute atomic E-state index is 12.6. The van der Waals surface area contributed by atoms with Crippen molar-refractivity contribution in [2.24, 2.45) is 5.92 Å². The topological polar surface area (TPSA) is 57.6 Å². The summed E-state index contributed by atoms with van der Waals surface area (Å²) in [5.41, 5.74) is 0. The van der Waals surface area contributed by atoms with Crippen LogP contribution in [0.2, 0.25) is 0 Å². The Morgan fingerprint density at radius 2 is 2.15 bits per heavy atom. The highest BCUT2D eigenvalue weighted by Gasteiger charge is 2.28. The molecule has 0 saturated carbocycles. The van der Waals surface area contributed by atoms with Gasteiger partial charge in [0.25, 0.3) is 10.0 Å². The Morgan fingerprint density at radius 3 is 2.85 bits per heavy atom. The van der Waals surface area contributed by atoms with Crippen LogP contribution in [-0.4, -0.2) is 37.5 Å². The van der Waals surface area contributed by atoms with Crippen LogP contribution in [0.15, 0.2) is 16.3 Å². The van der Waals surface area contributed by atoms with Gasteiger partial charge in [0, 0.05) is 31.0 Å². The highest BCUT2D eigenvalue weighted by Crippen LogP contribution is 2.28. The maximum Gasteiger partial charge on any atom is 0.252 e. The summed E-state index contributed by atoms with van der Waals surface area (Å²) in [5.74, 6) is 0.656. The minimum atomic E-state index is -3.34. The van der Waals surface area contributed by atoms with Gasteiger partial charge in [0.1, 0.15) is 4.21 Å². The molecule has 1 atom stereocenters. The summed E-state index contributed by atoms with van der Waals surface area (Å²) in [5, 5.41) is 8.92. The van der Waals surface area contributed by atoms with E-state index in [-0.39, 0.29) is 6.61 Å². The van der Waals surface area contributed by atoms with E-state index in [1.54, 1.807) is 16.4 Å². The molecule has 1 unspecified atom stereocenters. The molecule has 6 heteroatoms. The summed E-state index contributed by atoms with van der Waals surface area (Å²) in [4.78, 5) is 0.923. The van der Waals surface area contributed by atoms with Crippen molar-refractivity contribution in [2.75, 3.05) is 19.7 Å². The lowest BCUT2D eigenvalue weighted by Crippen LogP contribution is -2.31. The predicted octanol–water partition coefficient (Wildman–Crippen LogP) is 2.48. The van der Waals surface area contributed by atoms with E-state index >= 15 is 0 Å². The van der Waals surface area contributed by atoms with Gasteiger partial charge >= 0.3 is 0 Å². The molecule has 20 heavy (non-hydrogen) atoms. The second-order valence-corrected chi connectivity index (χ2v) is 8.64. The molecule has 0 aliphatic carbocycles. The highest BCUT2D eigenvalue weighted by atomic mass is 32.2. The normalized spacial score (nSPS) is 21.8. The van der Waals surface area contributed by atoms with E-state index in [1.165, 1.54) is 11.3 Å². The molecule has 114 valence electrons. The number of aliphatic hydroxyl groups is 1. The molecule has 0 radical (unpaired) electrons. The maximum atomic E-state index is 12.6. The molecular formula is C14H23NO3S2. The van der Waals surface area contributed by atoms with E-state index in [9.17, 15) is 8.42 Å². The third-order valence-electron chi connectivity index (χ3n) is 3.97. The van der Waals surface area contributed by atoms with Crippen LogP contribution >= 0.6 is 11.3 Å². The van der Waals surface area contributed by atoms with Crippen molar-refractivity contribution >= 4 is 21.4 Å². The van der Waals surface area contributed by atoms with Crippen LogP contribution in [0, 0.1) is 5.92 Å². The van der Waals surface area contributed by atoms with Crippen LogP contribution in [-0.2, 0) is 16.4 Å². The molecule has 1 aliphatic rings. The van der Waals surface area contributed by atoms with E-state index < -0.39 is 10.0 Å². The van der Waals surface area contributed by atoms with Gasteiger partial charge in [-0.25, -0.2) is 8.42 Å². The highest BCUT2D eigenvalue weighted by molar-refractivity contribution is 7.91. The second kappa shape index (κ2) is 7.02. The Hall–Kier alpha value is -0.430. The molecule has 4 nitrogen and oxygen atoms in total. The van der Waals surface area contributed by atoms with Gasteiger partial charge in [-0.1, -0.05) is 13.3 Å². The average molecular weight is 317 g/mol. The van der Waals surface area contributed by atoms with Crippen molar-refractivity contribution < 1.29 is 13.5 Å². The van der Waals surface area contributed by atoms with Crippen molar-refractivity contribution in [3.63, 3.8) is 0 Å². The van der Waals surface area contributed by atoms with Crippen molar-refractivity contribution in [3.8, 4) is 0 Å². The Kier molecular flexibility index (Phi) is 5.60. The van der Waals surface area contributed by atoms with Gasteiger partial charge in [0.2, 0.25) is 0 Å². The molecule has 1 aliphatic heterocycles. The van der Waals surface area contributed by atoms with Gasteiger partial charge in [0.15, 0.2) is 0 Å². The Morgan fingerprint density at radius 1 is 1.35 bits per heavy atom. The van der Waals surface area contributed by atoms with Gasteiger partial charge in [0.05, 0.1) is 0 Å². The Labute approximate surface area is 125 Å². The van der Waals surface area contributed by atoms with Crippen LogP contribution in [0.5, 0.6) is 0 Å². The number of sulfonamides is 1. The lowest BCUT2D eigenvalue weighted by Gasteiger charge is -2.19. The predicted molar refractivity (Wildman–Crippen MR) is 81.5 cm³/mol. The smallest absolute Gasteiger partial charge is 0.252 e. The molecule has 1 aromatic rings. The zero-order valence-electron chi connectivity index (χ0n) is 11.9. The minimum Gasteiger partial charge on any atom is -0.396 e. The van der Waals surface area contributed by atoms with Crippen molar-refractivity contribution in [1.29, 1.82) is 0 Å². The first-order chi connectivity index (χ1) is 9.57. The molecule has 1 fully saturated rings. The van der Waals surface area contributed by atoms with Crippen LogP contribution in [0.25, 0.3) is 0 Å². The van der Waals surface area contributed by atoms with Gasteiger partial charge in [-0.05, 0) is 37.3 Å². The van der Waals surface area contributed by atoms with E-state index in [4.69, 9.17) is 5.11 Å². The van der Waals surface area contributed by atoms with Gasteiger partial charge in [-0.3, -0.25) is 0 Å². The number of thiophene rings is 1. The summed E-state index contributed by atoms with van der Waals surface area (Å²) < 4.78 is 27.3. The van der Waals surface area contributed by atoms with E-state index in [0.717, 1.165) is 30.6 Å². The fraction of sp³-hybridized carbons (Fsp3) is 0.714. The SMILES string of the molecule is CCC1CCCN(S(=O)(=O)c2ccc(CCO)s2)CC1. The molecule has 0 bridgehead atoms. The minimum absolute atomic E-state index is 0.0574. The van der Waals surface area contributed by atoms with E-state index in [1.807, 2.05) is 0 Å². The monoisotopic (exact) mass is 317 g/mol. The fourth-order valence-corrected chi connectivity index (χ4v) is 5.65. The third-order valence-corrected chi connectivity index (χ3v) is 7.48. The van der Waals surface area contributed by atoms with E-state index in [0.29, 0.717) is 29.6 Å². The number of nitrogens with zero attached hydrogens (tertiary/aromatic N) is 1. The molecule has 0 amide bonds. The van der Waals surface area contributed by atoms with Crippen LogP contribution in [0.4, 0.5) is 0 Å². The number of aliphatic hydroxyl groups excluding tert-OH is 1. The van der Waals surface area contributed by atoms with Gasteiger partial charge < -0.3 is 5.11 Å². The zero-order chi connectivity index (χ0) is 14.6. The molecule has 1 N–H and O–H groups in total. The molecule has 2 heterocycles. The average Bonchev–Trinajstić information content (AvgIpc) is 2.76. The first-order valence-electron chi connectivity index (χ1n) is 7.27. The summed E-state index contributed by atoms with van der Waals surface area (Å²) in [6, 6.07) is 3.48. The van der Waals surface area contributed by atoms with Crippen LogP contribution in [0.3, 0.4) is 0 Å². The first-order valence-corrected chi connectivity index (χ1v) is 9.53. The zero-order valence-corrected chi connectivity index (χ0v) is 13.5. The summed E-state index contributed by atoms with van der Waals surface area (Å²) in [6.07, 6.45) is 4.70. The fourth-order valence-electron chi connectivity index (χ4n) is 2.66. The number of hydrogen-bond acceptors (Lipinski definition) is 4. The largest absolute Gasteiger partial charge is 0.396 e. The van der Waals surface area contributed by atoms with Gasteiger partial charge in [-0.15, -0.1) is 11.3 Å². The summed E-state index contributed by atoms with van der Waals surface area (Å²) in [6.45, 7) is 3.50. The number of rotatable bonds is 5. The molecule has 1 aromatic heterocycles. The van der Waals surface area contributed by atoms with Crippen molar-refractivity contribution in [3.05, 3.63) is 17.0 Å². The molecule has 0 aromatic carbocycles. The summed E-state index contributed by atoms with van der Waals surface area (Å²) >= 11 is 1.28. The van der Waals surface area contributed by atoms with Crippen molar-refractivity contribution in [2.45, 2.75) is 43.2 Å².